The highest BCUT2D eigenvalue weighted by molar-refractivity contribution is 7.86. The van der Waals surface area contributed by atoms with Crippen molar-refractivity contribution in [1.29, 1.82) is 0 Å². The van der Waals surface area contributed by atoms with E-state index < -0.39 is 26.7 Å². The van der Waals surface area contributed by atoms with Crippen LogP contribution in [0.2, 0.25) is 0 Å². The third kappa shape index (κ3) is 7.18. The Morgan fingerprint density at radius 1 is 0.600 bits per heavy atom. The third-order valence-electron chi connectivity index (χ3n) is 7.38. The highest BCUT2D eigenvalue weighted by atomic mass is 32.2. The molecule has 248 valence electrons. The van der Waals surface area contributed by atoms with Gasteiger partial charge < -0.3 is 21.1 Å². The number of benzene rings is 6. The molecule has 0 saturated carbocycles. The summed E-state index contributed by atoms with van der Waals surface area (Å²) in [6.45, 7) is 0. The van der Waals surface area contributed by atoms with E-state index in [1.165, 1.54) is 30.3 Å². The number of carboxylic acid groups (broad SMARTS) is 1. The fourth-order valence-corrected chi connectivity index (χ4v) is 5.58. The molecule has 0 aliphatic rings. The van der Waals surface area contributed by atoms with E-state index in [1.807, 2.05) is 24.3 Å². The summed E-state index contributed by atoms with van der Waals surface area (Å²) in [6, 6.07) is 30.5. The number of carbonyl (C=O) groups is 1. The van der Waals surface area contributed by atoms with E-state index in [9.17, 15) is 28.0 Å². The molecule has 6 aromatic rings. The highest BCUT2D eigenvalue weighted by Crippen LogP contribution is 2.45. The van der Waals surface area contributed by atoms with Crippen LogP contribution in [0.5, 0.6) is 11.5 Å². The molecule has 0 aliphatic carbocycles. The Bertz CT molecular complexity index is 2450. The van der Waals surface area contributed by atoms with Gasteiger partial charge in [0, 0.05) is 5.39 Å². The molecule has 0 heterocycles. The number of phenols is 2. The summed E-state index contributed by atoms with van der Waals surface area (Å²) in [4.78, 5) is 10.7. The molecule has 0 unspecified atom stereocenters. The lowest BCUT2D eigenvalue weighted by atomic mass is 10.1. The molecule has 6 N–H and O–H groups in total. The van der Waals surface area contributed by atoms with Crippen molar-refractivity contribution in [2.45, 2.75) is 4.90 Å². The Morgan fingerprint density at radius 2 is 1.12 bits per heavy atom. The van der Waals surface area contributed by atoms with Crippen molar-refractivity contribution in [2.75, 3.05) is 5.73 Å². The van der Waals surface area contributed by atoms with Crippen LogP contribution in [0.15, 0.2) is 151 Å². The van der Waals surface area contributed by atoms with Gasteiger partial charge in [-0.3, -0.25) is 4.55 Å². The fraction of sp³-hybridized carbons (Fsp3) is 0. The average molecular weight is 688 g/mol. The molecular weight excluding hydrogens is 662 g/mol. The predicted octanol–water partition coefficient (Wildman–Crippen LogP) is 9.69. The molecule has 0 atom stereocenters. The molecular formula is C35H25N7O7S. The summed E-state index contributed by atoms with van der Waals surface area (Å²) in [7, 11) is -4.74. The van der Waals surface area contributed by atoms with Gasteiger partial charge in [-0.2, -0.15) is 28.9 Å². The van der Waals surface area contributed by atoms with Crippen LogP contribution in [-0.2, 0) is 10.1 Å². The van der Waals surface area contributed by atoms with Crippen LogP contribution in [-0.4, -0.2) is 34.3 Å². The maximum absolute atomic E-state index is 12.2. The average Bonchev–Trinajstić information content (AvgIpc) is 3.11. The number of fused-ring (bicyclic) bond motifs is 1. The second kappa shape index (κ2) is 13.7. The zero-order chi connectivity index (χ0) is 35.4. The second-order valence-corrected chi connectivity index (χ2v) is 12.1. The summed E-state index contributed by atoms with van der Waals surface area (Å²) in [5.74, 6) is -2.10. The van der Waals surface area contributed by atoms with Gasteiger partial charge in [-0.05, 0) is 77.9 Å². The molecule has 0 amide bonds. The van der Waals surface area contributed by atoms with E-state index in [2.05, 4.69) is 30.7 Å². The topological polar surface area (TPSA) is 232 Å². The summed E-state index contributed by atoms with van der Waals surface area (Å²) < 4.78 is 34.4. The van der Waals surface area contributed by atoms with Gasteiger partial charge >= 0.3 is 5.97 Å². The number of nitrogens with two attached hydrogens (primary N) is 1. The number of hydrogen-bond donors (Lipinski definition) is 5. The normalized spacial score (nSPS) is 12.0. The molecule has 0 fully saturated rings. The number of anilines is 1. The SMILES string of the molecule is Nc1c(N=Nc2ccccc2)cc(S(=O)(=O)O)c2ccc(N=Nc3ccc(-c4ccc(N=Nc5ccc(O)c(C(=O)O)c5)cc4)cc3)c(O)c12. The lowest BCUT2D eigenvalue weighted by Crippen LogP contribution is -2.01. The summed E-state index contributed by atoms with van der Waals surface area (Å²) in [5, 5.41) is 54.5. The standard InChI is InChI=1S/C35H25N7O7S/c36-33-29(42-38-22-4-2-1-3-5-22)19-31(50(47,48)49)26-15-16-28(34(44)32(26)33)41-39-24-12-8-21(9-13-24)20-6-10-23(11-7-20)37-40-25-14-17-30(43)27(18-25)35(45)46/h1-19,43-44H,36H2,(H,45,46)(H,47,48,49). The summed E-state index contributed by atoms with van der Waals surface area (Å²) in [6.07, 6.45) is 0. The highest BCUT2D eigenvalue weighted by Gasteiger charge is 2.22. The van der Waals surface area contributed by atoms with Crippen LogP contribution < -0.4 is 5.73 Å². The van der Waals surface area contributed by atoms with Crippen molar-refractivity contribution in [3.05, 3.63) is 121 Å². The van der Waals surface area contributed by atoms with Crippen molar-refractivity contribution in [2.24, 2.45) is 30.7 Å². The van der Waals surface area contributed by atoms with E-state index in [4.69, 9.17) is 10.8 Å². The minimum Gasteiger partial charge on any atom is -0.507 e. The van der Waals surface area contributed by atoms with Crippen molar-refractivity contribution >= 4 is 66.7 Å². The third-order valence-corrected chi connectivity index (χ3v) is 8.27. The molecule has 6 aromatic carbocycles. The van der Waals surface area contributed by atoms with E-state index in [-0.39, 0.29) is 44.8 Å². The zero-order valence-corrected chi connectivity index (χ0v) is 26.5. The molecule has 0 radical (unpaired) electrons. The maximum Gasteiger partial charge on any atom is 0.339 e. The maximum atomic E-state index is 12.2. The number of rotatable bonds is 9. The van der Waals surface area contributed by atoms with E-state index in [0.717, 1.165) is 17.2 Å². The number of hydrogen-bond acceptors (Lipinski definition) is 12. The first-order valence-corrected chi connectivity index (χ1v) is 16.0. The number of carboxylic acids is 1. The number of aromatic carboxylic acids is 1. The lowest BCUT2D eigenvalue weighted by molar-refractivity contribution is 0.0693. The zero-order valence-electron chi connectivity index (χ0n) is 25.7. The lowest BCUT2D eigenvalue weighted by Gasteiger charge is -2.12. The predicted molar refractivity (Wildman–Crippen MR) is 186 cm³/mol. The van der Waals surface area contributed by atoms with Crippen LogP contribution in [0, 0.1) is 0 Å². The van der Waals surface area contributed by atoms with Crippen LogP contribution in [0.3, 0.4) is 0 Å². The van der Waals surface area contributed by atoms with Gasteiger partial charge in [-0.15, -0.1) is 10.2 Å². The van der Waals surface area contributed by atoms with Crippen LogP contribution >= 0.6 is 0 Å². The Kier molecular flexibility index (Phi) is 9.07. The smallest absolute Gasteiger partial charge is 0.339 e. The number of nitrogens with zero attached hydrogens (tertiary/aromatic N) is 6. The molecule has 50 heavy (non-hydrogen) atoms. The van der Waals surface area contributed by atoms with E-state index in [1.54, 1.807) is 54.6 Å². The van der Waals surface area contributed by atoms with Gasteiger partial charge in [-0.25, -0.2) is 4.79 Å². The molecule has 0 aliphatic heterocycles. The Labute approximate surface area is 284 Å². The largest absolute Gasteiger partial charge is 0.507 e. The Hall–Kier alpha value is -6.84. The Morgan fingerprint density at radius 3 is 1.70 bits per heavy atom. The molecule has 6 rings (SSSR count). The summed E-state index contributed by atoms with van der Waals surface area (Å²) >= 11 is 0. The summed E-state index contributed by atoms with van der Waals surface area (Å²) in [5.41, 5.74) is 9.30. The van der Waals surface area contributed by atoms with Gasteiger partial charge in [0.1, 0.15) is 27.6 Å². The van der Waals surface area contributed by atoms with Crippen LogP contribution in [0.25, 0.3) is 21.9 Å². The minimum absolute atomic E-state index is 0.0112. The van der Waals surface area contributed by atoms with Crippen molar-refractivity contribution in [3.8, 4) is 22.6 Å². The molecule has 0 bridgehead atoms. The van der Waals surface area contributed by atoms with Crippen molar-refractivity contribution < 1.29 is 33.1 Å². The van der Waals surface area contributed by atoms with Gasteiger partial charge in [0.25, 0.3) is 10.1 Å². The van der Waals surface area contributed by atoms with Crippen LogP contribution in [0.4, 0.5) is 39.8 Å². The van der Waals surface area contributed by atoms with Gasteiger partial charge in [0.2, 0.25) is 0 Å². The van der Waals surface area contributed by atoms with Gasteiger partial charge in [-0.1, -0.05) is 48.5 Å². The first kappa shape index (κ1) is 33.1. The fourth-order valence-electron chi connectivity index (χ4n) is 4.87. The Balaban J connectivity index is 1.22. The second-order valence-electron chi connectivity index (χ2n) is 10.7. The van der Waals surface area contributed by atoms with E-state index in [0.29, 0.717) is 17.1 Å². The molecule has 0 saturated heterocycles. The monoisotopic (exact) mass is 687 g/mol. The molecule has 0 aromatic heterocycles. The minimum atomic E-state index is -4.74. The van der Waals surface area contributed by atoms with E-state index >= 15 is 0 Å². The number of azo groups is 3. The van der Waals surface area contributed by atoms with Gasteiger partial charge in [0.05, 0.1) is 33.8 Å². The van der Waals surface area contributed by atoms with Crippen molar-refractivity contribution in [3.63, 3.8) is 0 Å². The molecule has 14 nitrogen and oxygen atoms in total. The first-order valence-electron chi connectivity index (χ1n) is 14.6. The first-order chi connectivity index (χ1) is 24.0. The van der Waals surface area contributed by atoms with Crippen molar-refractivity contribution in [1.82, 2.24) is 0 Å². The number of aromatic hydroxyl groups is 2. The quantitative estimate of drug-likeness (QED) is 0.0556. The number of phenolic OH excluding ortho intramolecular Hbond substituents is 1. The molecule has 15 heteroatoms. The molecule has 0 spiro atoms. The van der Waals surface area contributed by atoms with Gasteiger partial charge in [0.15, 0.2) is 5.75 Å². The van der Waals surface area contributed by atoms with Crippen LogP contribution in [0.1, 0.15) is 10.4 Å². The number of nitrogen functional groups attached to an aromatic ring is 1.